The van der Waals surface area contributed by atoms with Crippen LogP contribution in [0, 0.1) is 0 Å². The Labute approximate surface area is 228 Å². The van der Waals surface area contributed by atoms with E-state index in [1.807, 2.05) is 0 Å². The molecule has 202 valence electrons. The Bertz CT molecular complexity index is 961. The van der Waals surface area contributed by atoms with Gasteiger partial charge in [0.05, 0.1) is 6.54 Å². The maximum Gasteiger partial charge on any atom is 0.244 e. The van der Waals surface area contributed by atoms with Crippen LogP contribution in [0.5, 0.6) is 0 Å². The summed E-state index contributed by atoms with van der Waals surface area (Å²) in [4.78, 5) is 0. The lowest BCUT2D eigenvalue weighted by Gasteiger charge is -2.36. The third-order valence-electron chi connectivity index (χ3n) is 8.31. The first-order valence-electron chi connectivity index (χ1n) is 15.3. The van der Waals surface area contributed by atoms with Crippen LogP contribution >= 0.6 is 0 Å². The minimum Gasteiger partial charge on any atom is -0.237 e. The molecule has 0 amide bonds. The number of rotatable bonds is 19. The highest BCUT2D eigenvalue weighted by Crippen LogP contribution is 2.40. The van der Waals surface area contributed by atoms with Crippen LogP contribution in [0.3, 0.4) is 0 Å². The van der Waals surface area contributed by atoms with Crippen molar-refractivity contribution in [2.45, 2.75) is 129 Å². The fraction of sp³-hybridized carbons (Fsp3) is 0.571. The summed E-state index contributed by atoms with van der Waals surface area (Å²) < 4.78 is 4.89. The van der Waals surface area contributed by atoms with Crippen molar-refractivity contribution in [3.63, 3.8) is 0 Å². The highest BCUT2D eigenvalue weighted by atomic mass is 15.1. The van der Waals surface area contributed by atoms with Gasteiger partial charge < -0.3 is 0 Å². The van der Waals surface area contributed by atoms with Gasteiger partial charge >= 0.3 is 0 Å². The molecule has 37 heavy (non-hydrogen) atoms. The van der Waals surface area contributed by atoms with Gasteiger partial charge in [0.15, 0.2) is 0 Å². The molecule has 0 saturated carbocycles. The molecule has 0 aliphatic heterocycles. The molecule has 3 aromatic rings. The Morgan fingerprint density at radius 3 is 1.81 bits per heavy atom. The smallest absolute Gasteiger partial charge is 0.237 e. The van der Waals surface area contributed by atoms with E-state index in [0.717, 1.165) is 19.4 Å². The average molecular weight is 502 g/mol. The summed E-state index contributed by atoms with van der Waals surface area (Å²) in [5.74, 6) is 0. The number of nitrogens with zero attached hydrogens (tertiary/aromatic N) is 2. The lowest BCUT2D eigenvalue weighted by Crippen LogP contribution is -2.37. The minimum atomic E-state index is 0.0181. The molecule has 0 aliphatic rings. The summed E-state index contributed by atoms with van der Waals surface area (Å²) in [5.41, 5.74) is 2.85. The van der Waals surface area contributed by atoms with Crippen LogP contribution in [0.4, 0.5) is 0 Å². The molecule has 1 heterocycles. The van der Waals surface area contributed by atoms with Crippen LogP contribution in [0.1, 0.15) is 121 Å². The first-order chi connectivity index (χ1) is 18.2. The highest BCUT2D eigenvalue weighted by molar-refractivity contribution is 5.30. The molecular formula is C35H53N2+. The number of imidazole rings is 1. The zero-order chi connectivity index (χ0) is 26.2. The van der Waals surface area contributed by atoms with Gasteiger partial charge in [-0.15, -0.1) is 0 Å². The summed E-state index contributed by atoms with van der Waals surface area (Å²) in [6, 6.07) is 22.5. The molecule has 0 bridgehead atoms. The lowest BCUT2D eigenvalue weighted by molar-refractivity contribution is -0.697. The third kappa shape index (κ3) is 9.47. The third-order valence-corrected chi connectivity index (χ3v) is 8.31. The molecule has 2 unspecified atom stereocenters. The molecule has 0 aliphatic carbocycles. The predicted octanol–water partition coefficient (Wildman–Crippen LogP) is 9.63. The van der Waals surface area contributed by atoms with Crippen molar-refractivity contribution < 1.29 is 4.57 Å². The lowest BCUT2D eigenvalue weighted by atomic mass is 9.70. The quantitative estimate of drug-likeness (QED) is 0.114. The zero-order valence-electron chi connectivity index (χ0n) is 24.1. The molecule has 0 spiro atoms. The molecule has 0 saturated heterocycles. The van der Waals surface area contributed by atoms with E-state index >= 15 is 0 Å². The fourth-order valence-corrected chi connectivity index (χ4v) is 6.10. The highest BCUT2D eigenvalue weighted by Gasteiger charge is 2.39. The fourth-order valence-electron chi connectivity index (χ4n) is 6.10. The van der Waals surface area contributed by atoms with Gasteiger partial charge in [0.1, 0.15) is 18.4 Å². The van der Waals surface area contributed by atoms with E-state index < -0.39 is 0 Å². The summed E-state index contributed by atoms with van der Waals surface area (Å²) in [6.45, 7) is 8.22. The van der Waals surface area contributed by atoms with Gasteiger partial charge in [0.2, 0.25) is 6.33 Å². The summed E-state index contributed by atoms with van der Waals surface area (Å²) >= 11 is 0. The van der Waals surface area contributed by atoms with Crippen molar-refractivity contribution in [2.24, 2.45) is 0 Å². The molecule has 0 radical (unpaired) electrons. The first-order valence-corrected chi connectivity index (χ1v) is 15.3. The van der Waals surface area contributed by atoms with Crippen molar-refractivity contribution in [3.05, 3.63) is 90.5 Å². The Balaban J connectivity index is 1.49. The van der Waals surface area contributed by atoms with Gasteiger partial charge in [-0.25, -0.2) is 9.13 Å². The number of benzene rings is 2. The number of hydrogen-bond acceptors (Lipinski definition) is 0. The average Bonchev–Trinajstić information content (AvgIpc) is 3.39. The Kier molecular flexibility index (Phi) is 13.0. The van der Waals surface area contributed by atoms with E-state index in [4.69, 9.17) is 0 Å². The summed E-state index contributed by atoms with van der Waals surface area (Å²) in [5, 5.41) is 0. The van der Waals surface area contributed by atoms with E-state index in [9.17, 15) is 0 Å². The molecule has 2 nitrogen and oxygen atoms in total. The van der Waals surface area contributed by atoms with Crippen LogP contribution < -0.4 is 4.57 Å². The SMILES string of the molecule is CCCCCCCCCCCCCC[n+]1ccn(C(CC)C(C)(Cc2ccccc2)c2ccccc2)c1. The molecular weight excluding hydrogens is 448 g/mol. The van der Waals surface area contributed by atoms with E-state index in [1.165, 1.54) is 88.2 Å². The van der Waals surface area contributed by atoms with Gasteiger partial charge in [-0.3, -0.25) is 0 Å². The van der Waals surface area contributed by atoms with Crippen molar-refractivity contribution in [2.75, 3.05) is 0 Å². The normalized spacial score (nSPS) is 13.9. The van der Waals surface area contributed by atoms with Gasteiger partial charge in [-0.2, -0.15) is 0 Å². The van der Waals surface area contributed by atoms with E-state index in [2.05, 4.69) is 109 Å². The summed E-state index contributed by atoms with van der Waals surface area (Å²) in [6.07, 6.45) is 25.9. The number of aromatic nitrogens is 2. The minimum absolute atomic E-state index is 0.0181. The Hall–Kier alpha value is -2.35. The summed E-state index contributed by atoms with van der Waals surface area (Å²) in [7, 11) is 0. The molecule has 0 N–H and O–H groups in total. The maximum absolute atomic E-state index is 2.48. The first kappa shape index (κ1) is 29.2. The van der Waals surface area contributed by atoms with Crippen LogP contribution in [-0.2, 0) is 18.4 Å². The van der Waals surface area contributed by atoms with Crippen LogP contribution in [0.15, 0.2) is 79.4 Å². The van der Waals surface area contributed by atoms with E-state index in [1.54, 1.807) is 0 Å². The Morgan fingerprint density at radius 1 is 0.703 bits per heavy atom. The molecule has 2 heteroatoms. The Morgan fingerprint density at radius 2 is 1.24 bits per heavy atom. The monoisotopic (exact) mass is 501 g/mol. The molecule has 3 rings (SSSR count). The number of aryl methyl sites for hydroxylation is 1. The van der Waals surface area contributed by atoms with Crippen LogP contribution in [-0.4, -0.2) is 4.57 Å². The molecule has 0 fully saturated rings. The standard InChI is InChI=1S/C35H53N2/c1-4-6-7-8-9-10-11-12-13-14-15-22-27-36-28-29-37(31-36)34(5-2)35(3,33-25-20-17-21-26-33)30-32-23-18-16-19-24-32/h16-21,23-26,28-29,31,34H,4-15,22,27,30H2,1-3H3/q+1. The second-order valence-corrected chi connectivity index (χ2v) is 11.4. The molecule has 2 atom stereocenters. The molecule has 2 aromatic carbocycles. The van der Waals surface area contributed by atoms with Gasteiger partial charge in [-0.05, 0) is 36.8 Å². The largest absolute Gasteiger partial charge is 0.244 e. The zero-order valence-corrected chi connectivity index (χ0v) is 24.1. The second kappa shape index (κ2) is 16.5. The van der Waals surface area contributed by atoms with Crippen LogP contribution in [0.25, 0.3) is 0 Å². The number of unbranched alkanes of at least 4 members (excludes halogenated alkanes) is 11. The second-order valence-electron chi connectivity index (χ2n) is 11.4. The van der Waals surface area contributed by atoms with Crippen molar-refractivity contribution >= 4 is 0 Å². The van der Waals surface area contributed by atoms with Gasteiger partial charge in [0.25, 0.3) is 0 Å². The molecule has 1 aromatic heterocycles. The van der Waals surface area contributed by atoms with Gasteiger partial charge in [-0.1, -0.05) is 146 Å². The topological polar surface area (TPSA) is 8.81 Å². The van der Waals surface area contributed by atoms with Gasteiger partial charge in [0, 0.05) is 5.41 Å². The number of hydrogen-bond donors (Lipinski definition) is 0. The van der Waals surface area contributed by atoms with Crippen LogP contribution in [0.2, 0.25) is 0 Å². The predicted molar refractivity (Wildman–Crippen MR) is 159 cm³/mol. The van der Waals surface area contributed by atoms with Crippen molar-refractivity contribution in [1.82, 2.24) is 4.57 Å². The van der Waals surface area contributed by atoms with E-state index in [-0.39, 0.29) is 5.41 Å². The van der Waals surface area contributed by atoms with Crippen molar-refractivity contribution in [3.8, 4) is 0 Å². The van der Waals surface area contributed by atoms with Crippen molar-refractivity contribution in [1.29, 1.82) is 0 Å². The maximum atomic E-state index is 2.48. The van der Waals surface area contributed by atoms with E-state index in [0.29, 0.717) is 6.04 Å².